The lowest BCUT2D eigenvalue weighted by Gasteiger charge is -2.07. The molecule has 6 nitrogen and oxygen atoms in total. The van der Waals surface area contributed by atoms with Crippen molar-refractivity contribution in [3.8, 4) is 11.3 Å². The molecule has 31 heavy (non-hydrogen) atoms. The predicted molar refractivity (Wildman–Crippen MR) is 121 cm³/mol. The van der Waals surface area contributed by atoms with E-state index >= 15 is 0 Å². The van der Waals surface area contributed by atoms with Crippen LogP contribution in [-0.4, -0.2) is 15.0 Å². The van der Waals surface area contributed by atoms with Crippen LogP contribution in [0, 0.1) is 0 Å². The zero-order valence-corrected chi connectivity index (χ0v) is 16.7. The van der Waals surface area contributed by atoms with Gasteiger partial charge in [0.25, 0.3) is 0 Å². The van der Waals surface area contributed by atoms with Crippen molar-refractivity contribution in [2.45, 2.75) is 13.1 Å². The molecular weight excluding hydrogens is 388 g/mol. The number of hydrogen-bond donors (Lipinski definition) is 1. The number of anilines is 1. The zero-order valence-electron chi connectivity index (χ0n) is 16.7. The standard InChI is InChI=1S/C25H20N4O2/c30-23-14-25(19-9-5-2-6-10-19)31-24-12-11-20(13-22(23)24)26-15-21-17-29(28-27-21)16-18-7-3-1-4-8-18/h1-14,17,26H,15-16H2. The molecule has 0 atom stereocenters. The van der Waals surface area contributed by atoms with Crippen LogP contribution >= 0.6 is 0 Å². The molecule has 0 spiro atoms. The molecule has 0 amide bonds. The Labute approximate surface area is 178 Å². The van der Waals surface area contributed by atoms with Crippen LogP contribution in [-0.2, 0) is 13.1 Å². The van der Waals surface area contributed by atoms with E-state index < -0.39 is 0 Å². The van der Waals surface area contributed by atoms with Crippen LogP contribution in [0.5, 0.6) is 0 Å². The highest BCUT2D eigenvalue weighted by Gasteiger charge is 2.08. The van der Waals surface area contributed by atoms with Gasteiger partial charge in [0, 0.05) is 17.3 Å². The van der Waals surface area contributed by atoms with Crippen LogP contribution in [0.3, 0.4) is 0 Å². The van der Waals surface area contributed by atoms with Gasteiger partial charge in [0.2, 0.25) is 0 Å². The Hall–Kier alpha value is -4.19. The fourth-order valence-corrected chi connectivity index (χ4v) is 3.47. The lowest BCUT2D eigenvalue weighted by Crippen LogP contribution is -2.03. The molecule has 5 aromatic rings. The molecule has 0 aliphatic heterocycles. The third-order valence-corrected chi connectivity index (χ3v) is 5.03. The summed E-state index contributed by atoms with van der Waals surface area (Å²) < 4.78 is 7.76. The minimum Gasteiger partial charge on any atom is -0.456 e. The topological polar surface area (TPSA) is 73.0 Å². The molecule has 0 bridgehead atoms. The van der Waals surface area contributed by atoms with E-state index in [2.05, 4.69) is 27.8 Å². The van der Waals surface area contributed by atoms with Gasteiger partial charge in [-0.15, -0.1) is 5.10 Å². The first-order valence-electron chi connectivity index (χ1n) is 10.0. The molecular formula is C25H20N4O2. The molecule has 0 radical (unpaired) electrons. The maximum absolute atomic E-state index is 12.7. The normalized spacial score (nSPS) is 11.0. The molecule has 2 aromatic heterocycles. The van der Waals surface area contributed by atoms with Gasteiger partial charge in [-0.3, -0.25) is 4.79 Å². The zero-order chi connectivity index (χ0) is 21.0. The highest BCUT2D eigenvalue weighted by molar-refractivity contribution is 5.82. The van der Waals surface area contributed by atoms with Gasteiger partial charge < -0.3 is 9.73 Å². The Kier molecular flexibility index (Phi) is 5.02. The molecule has 1 N–H and O–H groups in total. The number of nitrogens with one attached hydrogen (secondary N) is 1. The van der Waals surface area contributed by atoms with Crippen LogP contribution < -0.4 is 10.7 Å². The quantitative estimate of drug-likeness (QED) is 0.440. The van der Waals surface area contributed by atoms with Crippen LogP contribution in [0.1, 0.15) is 11.3 Å². The molecule has 0 aliphatic carbocycles. The van der Waals surface area contributed by atoms with E-state index in [1.165, 1.54) is 11.6 Å². The minimum absolute atomic E-state index is 0.0717. The highest BCUT2D eigenvalue weighted by Crippen LogP contribution is 2.24. The number of nitrogens with zero attached hydrogens (tertiary/aromatic N) is 3. The van der Waals surface area contributed by atoms with Gasteiger partial charge in [-0.25, -0.2) is 4.68 Å². The summed E-state index contributed by atoms with van der Waals surface area (Å²) in [6.45, 7) is 1.18. The van der Waals surface area contributed by atoms with Gasteiger partial charge in [-0.05, 0) is 23.8 Å². The number of benzene rings is 3. The predicted octanol–water partition coefficient (Wildman–Crippen LogP) is 4.71. The molecule has 3 aromatic carbocycles. The van der Waals surface area contributed by atoms with Crippen LogP contribution in [0.4, 0.5) is 5.69 Å². The Bertz CT molecular complexity index is 1380. The van der Waals surface area contributed by atoms with Crippen molar-refractivity contribution in [3.05, 3.63) is 113 Å². The van der Waals surface area contributed by atoms with E-state index in [4.69, 9.17) is 4.42 Å². The summed E-state index contributed by atoms with van der Waals surface area (Å²) in [5.41, 5.74) is 4.18. The number of aromatic nitrogens is 3. The highest BCUT2D eigenvalue weighted by atomic mass is 16.3. The summed E-state index contributed by atoms with van der Waals surface area (Å²) in [6.07, 6.45) is 1.92. The van der Waals surface area contributed by atoms with Crippen LogP contribution in [0.25, 0.3) is 22.3 Å². The van der Waals surface area contributed by atoms with Gasteiger partial charge in [0.1, 0.15) is 17.0 Å². The van der Waals surface area contributed by atoms with Crippen LogP contribution in [0.2, 0.25) is 0 Å². The Morgan fingerprint density at radius 2 is 1.68 bits per heavy atom. The van der Waals surface area contributed by atoms with E-state index in [1.807, 2.05) is 77.6 Å². The lowest BCUT2D eigenvalue weighted by atomic mass is 10.1. The molecule has 0 unspecified atom stereocenters. The second kappa shape index (κ2) is 8.28. The minimum atomic E-state index is -0.0717. The molecule has 152 valence electrons. The van der Waals surface area contributed by atoms with E-state index in [0.717, 1.165) is 16.9 Å². The second-order valence-electron chi connectivity index (χ2n) is 7.30. The summed E-state index contributed by atoms with van der Waals surface area (Å²) in [6, 6.07) is 26.8. The summed E-state index contributed by atoms with van der Waals surface area (Å²) in [7, 11) is 0. The van der Waals surface area contributed by atoms with Crippen molar-refractivity contribution >= 4 is 16.7 Å². The maximum Gasteiger partial charge on any atom is 0.193 e. The molecule has 6 heteroatoms. The molecule has 0 saturated heterocycles. The smallest absolute Gasteiger partial charge is 0.193 e. The molecule has 2 heterocycles. The first-order chi connectivity index (χ1) is 15.2. The summed E-state index contributed by atoms with van der Waals surface area (Å²) >= 11 is 0. The van der Waals surface area contributed by atoms with E-state index in [0.29, 0.717) is 29.8 Å². The van der Waals surface area contributed by atoms with E-state index in [9.17, 15) is 4.79 Å². The van der Waals surface area contributed by atoms with Crippen molar-refractivity contribution < 1.29 is 4.42 Å². The first-order valence-corrected chi connectivity index (χ1v) is 10.0. The summed E-state index contributed by atoms with van der Waals surface area (Å²) in [5, 5.41) is 12.3. The lowest BCUT2D eigenvalue weighted by molar-refractivity contribution is 0.619. The van der Waals surface area contributed by atoms with Crippen molar-refractivity contribution in [3.63, 3.8) is 0 Å². The largest absolute Gasteiger partial charge is 0.456 e. The Morgan fingerprint density at radius 3 is 2.48 bits per heavy atom. The number of hydrogen-bond acceptors (Lipinski definition) is 5. The Balaban J connectivity index is 1.31. The first kappa shape index (κ1) is 18.8. The molecule has 0 aliphatic rings. The van der Waals surface area contributed by atoms with Gasteiger partial charge in [-0.1, -0.05) is 65.9 Å². The Morgan fingerprint density at radius 1 is 0.903 bits per heavy atom. The van der Waals surface area contributed by atoms with Gasteiger partial charge >= 0.3 is 0 Å². The maximum atomic E-state index is 12.7. The van der Waals surface area contributed by atoms with Gasteiger partial charge in [-0.2, -0.15) is 0 Å². The molecule has 5 rings (SSSR count). The third kappa shape index (κ3) is 4.23. The van der Waals surface area contributed by atoms with Crippen molar-refractivity contribution in [1.82, 2.24) is 15.0 Å². The summed E-state index contributed by atoms with van der Waals surface area (Å²) in [4.78, 5) is 12.7. The van der Waals surface area contributed by atoms with Crippen LogP contribution in [0.15, 0.2) is 100 Å². The fourth-order valence-electron chi connectivity index (χ4n) is 3.47. The number of rotatable bonds is 6. The van der Waals surface area contributed by atoms with Gasteiger partial charge in [0.05, 0.1) is 24.7 Å². The average Bonchev–Trinajstić information content (AvgIpc) is 3.26. The number of fused-ring (bicyclic) bond motifs is 1. The SMILES string of the molecule is O=c1cc(-c2ccccc2)oc2ccc(NCc3cn(Cc4ccccc4)nn3)cc12. The van der Waals surface area contributed by atoms with Crippen molar-refractivity contribution in [2.24, 2.45) is 0 Å². The van der Waals surface area contributed by atoms with Crippen molar-refractivity contribution in [2.75, 3.05) is 5.32 Å². The van der Waals surface area contributed by atoms with Crippen molar-refractivity contribution in [1.29, 1.82) is 0 Å². The third-order valence-electron chi connectivity index (χ3n) is 5.03. The monoisotopic (exact) mass is 408 g/mol. The van der Waals surface area contributed by atoms with Gasteiger partial charge in [0.15, 0.2) is 5.43 Å². The summed E-state index contributed by atoms with van der Waals surface area (Å²) in [5.74, 6) is 0.564. The molecule has 0 saturated carbocycles. The van der Waals surface area contributed by atoms with E-state index in [1.54, 1.807) is 0 Å². The second-order valence-corrected chi connectivity index (χ2v) is 7.30. The van der Waals surface area contributed by atoms with E-state index in [-0.39, 0.29) is 5.43 Å². The molecule has 0 fully saturated rings. The average molecular weight is 408 g/mol. The fraction of sp³-hybridized carbons (Fsp3) is 0.0800.